The lowest BCUT2D eigenvalue weighted by Gasteiger charge is -2.15. The van der Waals surface area contributed by atoms with Gasteiger partial charge in [0, 0.05) is 5.56 Å². The first-order valence-corrected chi connectivity index (χ1v) is 5.45. The number of halogens is 3. The van der Waals surface area contributed by atoms with Gasteiger partial charge in [-0.2, -0.15) is 13.2 Å². The van der Waals surface area contributed by atoms with E-state index in [9.17, 15) is 22.8 Å². The van der Waals surface area contributed by atoms with Crippen LogP contribution in [0.25, 0.3) is 0 Å². The number of primary amides is 1. The molecule has 0 spiro atoms. The number of hydrogen-bond acceptors (Lipinski definition) is 2. The Hall–Kier alpha value is -2.05. The summed E-state index contributed by atoms with van der Waals surface area (Å²) < 4.78 is 36.0. The van der Waals surface area contributed by atoms with E-state index in [0.717, 1.165) is 0 Å². The fourth-order valence-electron chi connectivity index (χ4n) is 1.58. The van der Waals surface area contributed by atoms with Crippen molar-refractivity contribution < 1.29 is 22.8 Å². The van der Waals surface area contributed by atoms with Gasteiger partial charge >= 0.3 is 6.18 Å². The van der Waals surface area contributed by atoms with Gasteiger partial charge in [-0.25, -0.2) is 0 Å². The van der Waals surface area contributed by atoms with E-state index in [0.29, 0.717) is 5.56 Å². The van der Waals surface area contributed by atoms with Gasteiger partial charge in [-0.15, -0.1) is 0 Å². The lowest BCUT2D eigenvalue weighted by molar-refractivity contribution is -0.139. The molecule has 19 heavy (non-hydrogen) atoms. The monoisotopic (exact) mass is 274 g/mol. The zero-order valence-electron chi connectivity index (χ0n) is 10.1. The summed E-state index contributed by atoms with van der Waals surface area (Å²) in [6.45, 7) is 0.00237. The van der Waals surface area contributed by atoms with Crippen molar-refractivity contribution in [1.82, 2.24) is 5.32 Å². The lowest BCUT2D eigenvalue weighted by Crippen LogP contribution is -2.36. The molecule has 0 fully saturated rings. The van der Waals surface area contributed by atoms with Crippen LogP contribution in [-0.2, 0) is 4.79 Å². The van der Waals surface area contributed by atoms with E-state index in [1.54, 1.807) is 17.4 Å². The number of carbonyl (C=O) groups is 2. The molecule has 0 aliphatic rings. The number of benzene rings is 1. The lowest BCUT2D eigenvalue weighted by atomic mass is 9.94. The molecule has 104 valence electrons. The van der Waals surface area contributed by atoms with Crippen molar-refractivity contribution in [1.29, 1.82) is 0 Å². The molecule has 0 heterocycles. The number of nitrogens with one attached hydrogen (secondary N) is 1. The predicted molar refractivity (Wildman–Crippen MR) is 62.4 cm³/mol. The maximum absolute atomic E-state index is 12.0. The Morgan fingerprint density at radius 1 is 1.32 bits per heavy atom. The summed E-state index contributed by atoms with van der Waals surface area (Å²) in [5.74, 6) is -2.44. The summed E-state index contributed by atoms with van der Waals surface area (Å²) in [5.41, 5.74) is 5.57. The number of rotatable bonds is 4. The molecular weight excluding hydrogens is 261 g/mol. The van der Waals surface area contributed by atoms with Crippen molar-refractivity contribution in [3.05, 3.63) is 35.4 Å². The van der Waals surface area contributed by atoms with Gasteiger partial charge in [-0.1, -0.05) is 18.2 Å². The van der Waals surface area contributed by atoms with Crippen LogP contribution in [0.3, 0.4) is 0 Å². The molecular formula is C12H13F3N2O2. The van der Waals surface area contributed by atoms with E-state index in [1.807, 2.05) is 0 Å². The molecule has 4 nitrogen and oxygen atoms in total. The molecule has 7 heteroatoms. The first kappa shape index (κ1) is 15.0. The Bertz CT molecular complexity index is 486. The van der Waals surface area contributed by atoms with E-state index in [1.165, 1.54) is 19.1 Å². The van der Waals surface area contributed by atoms with Crippen LogP contribution in [0.4, 0.5) is 13.2 Å². The van der Waals surface area contributed by atoms with E-state index >= 15 is 0 Å². The summed E-state index contributed by atoms with van der Waals surface area (Å²) >= 11 is 0. The van der Waals surface area contributed by atoms with Gasteiger partial charge in [0.15, 0.2) is 0 Å². The zero-order chi connectivity index (χ0) is 14.6. The van der Waals surface area contributed by atoms with Gasteiger partial charge in [-0.3, -0.25) is 9.59 Å². The van der Waals surface area contributed by atoms with Crippen molar-refractivity contribution >= 4 is 11.8 Å². The third-order valence-corrected chi connectivity index (χ3v) is 2.55. The van der Waals surface area contributed by atoms with Crippen LogP contribution in [0.5, 0.6) is 0 Å². The maximum atomic E-state index is 12.0. The molecule has 1 aromatic rings. The molecule has 1 atom stereocenters. The number of hydrogen-bond donors (Lipinski definition) is 2. The Morgan fingerprint density at radius 3 is 2.42 bits per heavy atom. The van der Waals surface area contributed by atoms with Crippen LogP contribution in [0, 0.1) is 0 Å². The van der Waals surface area contributed by atoms with Gasteiger partial charge in [0.1, 0.15) is 6.54 Å². The van der Waals surface area contributed by atoms with Gasteiger partial charge in [0.25, 0.3) is 0 Å². The third kappa shape index (κ3) is 4.27. The van der Waals surface area contributed by atoms with Gasteiger partial charge in [-0.05, 0) is 18.6 Å². The van der Waals surface area contributed by atoms with Crippen LogP contribution in [0.1, 0.15) is 28.8 Å². The third-order valence-electron chi connectivity index (χ3n) is 2.55. The van der Waals surface area contributed by atoms with Crippen molar-refractivity contribution in [2.45, 2.75) is 19.0 Å². The van der Waals surface area contributed by atoms with E-state index < -0.39 is 30.5 Å². The number of alkyl halides is 3. The van der Waals surface area contributed by atoms with Crippen molar-refractivity contribution in [2.24, 2.45) is 5.73 Å². The summed E-state index contributed by atoms with van der Waals surface area (Å²) in [6.07, 6.45) is -4.47. The summed E-state index contributed by atoms with van der Waals surface area (Å²) in [5, 5.41) is 1.77. The van der Waals surface area contributed by atoms with Crippen molar-refractivity contribution in [3.63, 3.8) is 0 Å². The molecule has 0 aliphatic heterocycles. The molecule has 0 radical (unpaired) electrons. The average Bonchev–Trinajstić information content (AvgIpc) is 2.34. The summed E-state index contributed by atoms with van der Waals surface area (Å²) in [4.78, 5) is 22.8. The SMILES string of the molecule is C[C@@H](C(=O)NCC(F)(F)F)c1ccccc1C(N)=O. The van der Waals surface area contributed by atoms with Crippen LogP contribution < -0.4 is 11.1 Å². The first-order chi connectivity index (χ1) is 8.72. The fourth-order valence-corrected chi connectivity index (χ4v) is 1.58. The van der Waals surface area contributed by atoms with Gasteiger partial charge in [0.2, 0.25) is 11.8 Å². The number of amides is 2. The molecule has 2 amide bonds. The minimum absolute atomic E-state index is 0.122. The average molecular weight is 274 g/mol. The molecule has 0 saturated carbocycles. The van der Waals surface area contributed by atoms with Crippen LogP contribution in [0.15, 0.2) is 24.3 Å². The second-order valence-electron chi connectivity index (χ2n) is 4.01. The minimum Gasteiger partial charge on any atom is -0.366 e. The Kier molecular flexibility index (Phi) is 4.52. The topological polar surface area (TPSA) is 72.2 Å². The highest BCUT2D eigenvalue weighted by Gasteiger charge is 2.29. The Labute approximate surface area is 107 Å². The molecule has 1 aromatic carbocycles. The summed E-state index contributed by atoms with van der Waals surface area (Å²) in [6, 6.07) is 6.04. The van der Waals surface area contributed by atoms with E-state index in [-0.39, 0.29) is 5.56 Å². The van der Waals surface area contributed by atoms with Crippen LogP contribution >= 0.6 is 0 Å². The predicted octanol–water partition coefficient (Wildman–Crippen LogP) is 1.57. The number of nitrogens with two attached hydrogens (primary N) is 1. The molecule has 0 aromatic heterocycles. The second-order valence-corrected chi connectivity index (χ2v) is 4.01. The molecule has 3 N–H and O–H groups in total. The fraction of sp³-hybridized carbons (Fsp3) is 0.333. The van der Waals surface area contributed by atoms with E-state index in [4.69, 9.17) is 5.73 Å². The second kappa shape index (κ2) is 5.73. The highest BCUT2D eigenvalue weighted by atomic mass is 19.4. The summed E-state index contributed by atoms with van der Waals surface area (Å²) in [7, 11) is 0. The highest BCUT2D eigenvalue weighted by Crippen LogP contribution is 2.20. The van der Waals surface area contributed by atoms with Crippen LogP contribution in [-0.4, -0.2) is 24.5 Å². The van der Waals surface area contributed by atoms with Crippen molar-refractivity contribution in [2.75, 3.05) is 6.54 Å². The standard InChI is InChI=1S/C12H13F3N2O2/c1-7(11(19)17-6-12(13,14)15)8-4-2-3-5-9(8)10(16)18/h2-5,7H,6H2,1H3,(H2,16,18)(H,17,19)/t7-/m1/s1. The largest absolute Gasteiger partial charge is 0.405 e. The Morgan fingerprint density at radius 2 is 1.89 bits per heavy atom. The Balaban J connectivity index is 2.86. The molecule has 0 unspecified atom stereocenters. The van der Waals surface area contributed by atoms with Crippen LogP contribution in [0.2, 0.25) is 0 Å². The van der Waals surface area contributed by atoms with E-state index in [2.05, 4.69) is 0 Å². The molecule has 0 saturated heterocycles. The molecule has 1 rings (SSSR count). The minimum atomic E-state index is -4.47. The quantitative estimate of drug-likeness (QED) is 0.874. The first-order valence-electron chi connectivity index (χ1n) is 5.45. The smallest absolute Gasteiger partial charge is 0.366 e. The normalized spacial score (nSPS) is 12.8. The van der Waals surface area contributed by atoms with Gasteiger partial charge < -0.3 is 11.1 Å². The zero-order valence-corrected chi connectivity index (χ0v) is 10.1. The maximum Gasteiger partial charge on any atom is 0.405 e. The number of carbonyl (C=O) groups excluding carboxylic acids is 2. The van der Waals surface area contributed by atoms with Crippen molar-refractivity contribution in [3.8, 4) is 0 Å². The highest BCUT2D eigenvalue weighted by molar-refractivity contribution is 5.96. The molecule has 0 aliphatic carbocycles. The molecule has 0 bridgehead atoms. The van der Waals surface area contributed by atoms with Gasteiger partial charge in [0.05, 0.1) is 5.92 Å².